The molecule has 1 fully saturated rings. The van der Waals surface area contributed by atoms with Crippen LogP contribution >= 0.6 is 0 Å². The summed E-state index contributed by atoms with van der Waals surface area (Å²) in [7, 11) is 0. The molecule has 1 aromatic heterocycles. The second-order valence-electron chi connectivity index (χ2n) is 6.63. The monoisotopic (exact) mass is 294 g/mol. The van der Waals surface area contributed by atoms with E-state index in [1.807, 2.05) is 0 Å². The Bertz CT molecular complexity index is 397. The van der Waals surface area contributed by atoms with Crippen LogP contribution in [-0.4, -0.2) is 41.2 Å². The van der Waals surface area contributed by atoms with E-state index < -0.39 is 0 Å². The molecule has 2 rings (SSSR count). The van der Waals surface area contributed by atoms with E-state index in [0.717, 1.165) is 69.1 Å². The second kappa shape index (κ2) is 8.49. The third kappa shape index (κ3) is 5.75. The highest BCUT2D eigenvalue weighted by Gasteiger charge is 2.20. The second-order valence-corrected chi connectivity index (χ2v) is 6.63. The Morgan fingerprint density at radius 2 is 2.10 bits per heavy atom. The number of aromatic nitrogens is 2. The van der Waals surface area contributed by atoms with Gasteiger partial charge in [-0.25, -0.2) is 0 Å². The van der Waals surface area contributed by atoms with Gasteiger partial charge in [-0.2, -0.15) is 4.98 Å². The van der Waals surface area contributed by atoms with E-state index >= 15 is 0 Å². The molecule has 1 aliphatic rings. The molecule has 0 spiro atoms. The van der Waals surface area contributed by atoms with Crippen LogP contribution in [-0.2, 0) is 13.0 Å². The van der Waals surface area contributed by atoms with Crippen molar-refractivity contribution in [2.45, 2.75) is 53.0 Å². The summed E-state index contributed by atoms with van der Waals surface area (Å²) in [4.78, 5) is 6.88. The maximum absolute atomic E-state index is 5.32. The molecule has 1 saturated heterocycles. The van der Waals surface area contributed by atoms with Crippen molar-refractivity contribution in [3.05, 3.63) is 11.7 Å². The summed E-state index contributed by atoms with van der Waals surface area (Å²) >= 11 is 0. The predicted octanol–water partition coefficient (Wildman–Crippen LogP) is 2.48. The van der Waals surface area contributed by atoms with Crippen LogP contribution in [0.25, 0.3) is 0 Å². The topological polar surface area (TPSA) is 54.2 Å². The zero-order valence-corrected chi connectivity index (χ0v) is 13.8. The smallest absolute Gasteiger partial charge is 0.240 e. The molecule has 1 N–H and O–H groups in total. The van der Waals surface area contributed by atoms with Gasteiger partial charge >= 0.3 is 0 Å². The molecule has 0 bridgehead atoms. The van der Waals surface area contributed by atoms with Crippen LogP contribution in [0.1, 0.15) is 51.7 Å². The third-order valence-electron chi connectivity index (χ3n) is 4.04. The van der Waals surface area contributed by atoms with E-state index in [4.69, 9.17) is 4.52 Å². The SMILES string of the molecule is CCCc1noc(CN2CCC(CNCC(C)C)CC2)n1. The van der Waals surface area contributed by atoms with E-state index in [-0.39, 0.29) is 0 Å². The number of hydrogen-bond donors (Lipinski definition) is 1. The van der Waals surface area contributed by atoms with Gasteiger partial charge in [0.15, 0.2) is 5.82 Å². The van der Waals surface area contributed by atoms with Crippen LogP contribution in [0.4, 0.5) is 0 Å². The summed E-state index contributed by atoms with van der Waals surface area (Å²) < 4.78 is 5.32. The predicted molar refractivity (Wildman–Crippen MR) is 84.0 cm³/mol. The Morgan fingerprint density at radius 3 is 2.76 bits per heavy atom. The van der Waals surface area contributed by atoms with Gasteiger partial charge in [0.25, 0.3) is 0 Å². The van der Waals surface area contributed by atoms with Gasteiger partial charge in [-0.1, -0.05) is 25.9 Å². The van der Waals surface area contributed by atoms with Crippen LogP contribution in [0.2, 0.25) is 0 Å². The normalized spacial score (nSPS) is 17.7. The van der Waals surface area contributed by atoms with Crippen molar-refractivity contribution in [2.75, 3.05) is 26.2 Å². The Kier molecular flexibility index (Phi) is 6.64. The summed E-state index contributed by atoms with van der Waals surface area (Å²) in [6.07, 6.45) is 4.50. The van der Waals surface area contributed by atoms with Crippen LogP contribution in [0.3, 0.4) is 0 Å². The molecule has 1 aliphatic heterocycles. The molecule has 0 unspecified atom stereocenters. The largest absolute Gasteiger partial charge is 0.338 e. The van der Waals surface area contributed by atoms with Crippen LogP contribution < -0.4 is 5.32 Å². The minimum Gasteiger partial charge on any atom is -0.338 e. The lowest BCUT2D eigenvalue weighted by Crippen LogP contribution is -2.37. The number of piperidine rings is 1. The lowest BCUT2D eigenvalue weighted by molar-refractivity contribution is 0.157. The number of nitrogens with one attached hydrogen (secondary N) is 1. The summed E-state index contributed by atoms with van der Waals surface area (Å²) in [5.74, 6) is 3.17. The Hall–Kier alpha value is -0.940. The van der Waals surface area contributed by atoms with Gasteiger partial charge in [-0.3, -0.25) is 4.90 Å². The molecule has 0 radical (unpaired) electrons. The highest BCUT2D eigenvalue weighted by Crippen LogP contribution is 2.18. The first-order chi connectivity index (χ1) is 10.2. The summed E-state index contributed by atoms with van der Waals surface area (Å²) in [6, 6.07) is 0. The Labute approximate surface area is 128 Å². The van der Waals surface area contributed by atoms with Crippen molar-refractivity contribution in [1.82, 2.24) is 20.4 Å². The highest BCUT2D eigenvalue weighted by molar-refractivity contribution is 4.87. The molecular formula is C16H30N4O. The number of aryl methyl sites for hydroxylation is 1. The minimum atomic E-state index is 0.736. The number of hydrogen-bond acceptors (Lipinski definition) is 5. The van der Waals surface area contributed by atoms with Crippen LogP contribution in [0, 0.1) is 11.8 Å². The standard InChI is InChI=1S/C16H30N4O/c1-4-5-15-18-16(21-19-15)12-20-8-6-14(7-9-20)11-17-10-13(2)3/h13-14,17H,4-12H2,1-3H3. The van der Waals surface area contributed by atoms with E-state index in [0.29, 0.717) is 0 Å². The quantitative estimate of drug-likeness (QED) is 0.798. The molecule has 5 heteroatoms. The maximum Gasteiger partial charge on any atom is 0.240 e. The molecule has 5 nitrogen and oxygen atoms in total. The molecule has 0 saturated carbocycles. The van der Waals surface area contributed by atoms with Crippen molar-refractivity contribution >= 4 is 0 Å². The van der Waals surface area contributed by atoms with Crippen molar-refractivity contribution in [3.63, 3.8) is 0 Å². The molecule has 21 heavy (non-hydrogen) atoms. The van der Waals surface area contributed by atoms with Crippen molar-refractivity contribution in [3.8, 4) is 0 Å². The van der Waals surface area contributed by atoms with Gasteiger partial charge in [-0.05, 0) is 57.3 Å². The lowest BCUT2D eigenvalue weighted by atomic mass is 9.96. The molecule has 1 aromatic rings. The fourth-order valence-electron chi connectivity index (χ4n) is 2.80. The average molecular weight is 294 g/mol. The zero-order chi connectivity index (χ0) is 15.1. The summed E-state index contributed by atoms with van der Waals surface area (Å²) in [5.41, 5.74) is 0. The molecule has 0 aliphatic carbocycles. The van der Waals surface area contributed by atoms with E-state index in [2.05, 4.69) is 41.1 Å². The highest BCUT2D eigenvalue weighted by atomic mass is 16.5. The van der Waals surface area contributed by atoms with Crippen molar-refractivity contribution in [2.24, 2.45) is 11.8 Å². The van der Waals surface area contributed by atoms with Gasteiger partial charge in [-0.15, -0.1) is 0 Å². The summed E-state index contributed by atoms with van der Waals surface area (Å²) in [6.45, 7) is 12.0. The van der Waals surface area contributed by atoms with Crippen LogP contribution in [0.15, 0.2) is 4.52 Å². The third-order valence-corrected chi connectivity index (χ3v) is 4.04. The minimum absolute atomic E-state index is 0.736. The van der Waals surface area contributed by atoms with Crippen molar-refractivity contribution < 1.29 is 4.52 Å². The van der Waals surface area contributed by atoms with Gasteiger partial charge in [0.2, 0.25) is 5.89 Å². The first-order valence-corrected chi connectivity index (χ1v) is 8.42. The molecule has 0 amide bonds. The molecular weight excluding hydrogens is 264 g/mol. The number of rotatable bonds is 8. The average Bonchev–Trinajstić information content (AvgIpc) is 2.88. The molecule has 120 valence electrons. The van der Waals surface area contributed by atoms with E-state index in [1.165, 1.54) is 12.8 Å². The number of nitrogens with zero attached hydrogens (tertiary/aromatic N) is 3. The molecule has 2 heterocycles. The first kappa shape index (κ1) is 16.4. The first-order valence-electron chi connectivity index (χ1n) is 8.42. The van der Waals surface area contributed by atoms with E-state index in [1.54, 1.807) is 0 Å². The molecule has 0 atom stereocenters. The van der Waals surface area contributed by atoms with Gasteiger partial charge in [0, 0.05) is 6.42 Å². The number of likely N-dealkylation sites (tertiary alicyclic amines) is 1. The Balaban J connectivity index is 1.66. The fourth-order valence-corrected chi connectivity index (χ4v) is 2.80. The zero-order valence-electron chi connectivity index (χ0n) is 13.8. The van der Waals surface area contributed by atoms with E-state index in [9.17, 15) is 0 Å². The van der Waals surface area contributed by atoms with Crippen LogP contribution in [0.5, 0.6) is 0 Å². The van der Waals surface area contributed by atoms with Gasteiger partial charge in [0.05, 0.1) is 6.54 Å². The lowest BCUT2D eigenvalue weighted by Gasteiger charge is -2.31. The fraction of sp³-hybridized carbons (Fsp3) is 0.875. The maximum atomic E-state index is 5.32. The Morgan fingerprint density at radius 1 is 1.33 bits per heavy atom. The summed E-state index contributed by atoms with van der Waals surface area (Å²) in [5, 5.41) is 7.60. The molecule has 0 aromatic carbocycles. The van der Waals surface area contributed by atoms with Gasteiger partial charge < -0.3 is 9.84 Å². The van der Waals surface area contributed by atoms with Gasteiger partial charge in [0.1, 0.15) is 0 Å². The van der Waals surface area contributed by atoms with Crippen molar-refractivity contribution in [1.29, 1.82) is 0 Å².